The Morgan fingerprint density at radius 3 is 2.67 bits per heavy atom. The lowest BCUT2D eigenvalue weighted by Gasteiger charge is -2.19. The summed E-state index contributed by atoms with van der Waals surface area (Å²) in [4.78, 5) is 13.6. The standard InChI is InChI=1S/C16H12F2N2O/c1-20(15-5-3-2-4-11(15)9-19)10-16(21)13-8-12(17)6-7-14(13)18/h2-8H,10H2,1H3. The first-order chi connectivity index (χ1) is 10.0. The van der Waals surface area contributed by atoms with Crippen LogP contribution in [0.25, 0.3) is 0 Å². The summed E-state index contributed by atoms with van der Waals surface area (Å²) in [6.07, 6.45) is 0. The Morgan fingerprint density at radius 1 is 1.24 bits per heavy atom. The molecule has 0 spiro atoms. The normalized spacial score (nSPS) is 10.0. The van der Waals surface area contributed by atoms with E-state index in [0.29, 0.717) is 11.3 Å². The van der Waals surface area contributed by atoms with E-state index in [9.17, 15) is 13.6 Å². The monoisotopic (exact) mass is 286 g/mol. The predicted octanol–water partition coefficient (Wildman–Crippen LogP) is 3.16. The summed E-state index contributed by atoms with van der Waals surface area (Å²) >= 11 is 0. The minimum Gasteiger partial charge on any atom is -0.366 e. The highest BCUT2D eigenvalue weighted by atomic mass is 19.1. The van der Waals surface area contributed by atoms with Crippen LogP contribution in [0.2, 0.25) is 0 Å². The molecule has 0 unspecified atom stereocenters. The number of ketones is 1. The molecule has 0 saturated heterocycles. The summed E-state index contributed by atoms with van der Waals surface area (Å²) in [6.45, 7) is -0.154. The van der Waals surface area contributed by atoms with E-state index in [1.165, 1.54) is 4.90 Å². The average Bonchev–Trinajstić information content (AvgIpc) is 2.49. The number of para-hydroxylation sites is 1. The summed E-state index contributed by atoms with van der Waals surface area (Å²) in [5.41, 5.74) is 0.675. The van der Waals surface area contributed by atoms with E-state index in [1.54, 1.807) is 31.3 Å². The lowest BCUT2D eigenvalue weighted by Crippen LogP contribution is -2.27. The quantitative estimate of drug-likeness (QED) is 0.811. The second-order valence-corrected chi connectivity index (χ2v) is 4.53. The van der Waals surface area contributed by atoms with Crippen molar-refractivity contribution in [1.82, 2.24) is 0 Å². The zero-order valence-electron chi connectivity index (χ0n) is 11.3. The maximum absolute atomic E-state index is 13.6. The van der Waals surface area contributed by atoms with Gasteiger partial charge in [0.1, 0.15) is 17.7 Å². The Balaban J connectivity index is 2.23. The first-order valence-electron chi connectivity index (χ1n) is 6.21. The minimum atomic E-state index is -0.761. The molecule has 0 aliphatic heterocycles. The summed E-state index contributed by atoms with van der Waals surface area (Å²) in [5, 5.41) is 9.03. The van der Waals surface area contributed by atoms with Crippen molar-refractivity contribution in [2.45, 2.75) is 0 Å². The number of carbonyl (C=O) groups is 1. The Kier molecular flexibility index (Phi) is 4.29. The molecule has 21 heavy (non-hydrogen) atoms. The van der Waals surface area contributed by atoms with Gasteiger partial charge in [0.05, 0.1) is 23.4 Å². The van der Waals surface area contributed by atoms with Crippen molar-refractivity contribution in [2.24, 2.45) is 0 Å². The first-order valence-corrected chi connectivity index (χ1v) is 6.21. The van der Waals surface area contributed by atoms with Crippen molar-refractivity contribution in [3.8, 4) is 6.07 Å². The molecule has 0 fully saturated rings. The number of nitriles is 1. The van der Waals surface area contributed by atoms with Crippen molar-refractivity contribution in [3.05, 3.63) is 65.2 Å². The van der Waals surface area contributed by atoms with Crippen molar-refractivity contribution in [1.29, 1.82) is 5.26 Å². The number of Topliss-reactive ketones (excluding diaryl/α,β-unsaturated/α-hetero) is 1. The number of hydrogen-bond donors (Lipinski definition) is 0. The maximum Gasteiger partial charge on any atom is 0.185 e. The number of rotatable bonds is 4. The maximum atomic E-state index is 13.6. The average molecular weight is 286 g/mol. The molecule has 0 N–H and O–H groups in total. The van der Waals surface area contributed by atoms with Gasteiger partial charge in [0.25, 0.3) is 0 Å². The Bertz CT molecular complexity index is 722. The SMILES string of the molecule is CN(CC(=O)c1cc(F)ccc1F)c1ccccc1C#N. The molecule has 0 radical (unpaired) electrons. The van der Waals surface area contributed by atoms with Crippen LogP contribution in [-0.4, -0.2) is 19.4 Å². The molecule has 2 rings (SSSR count). The number of anilines is 1. The van der Waals surface area contributed by atoms with Gasteiger partial charge in [0.2, 0.25) is 0 Å². The van der Waals surface area contributed by atoms with E-state index in [0.717, 1.165) is 18.2 Å². The second kappa shape index (κ2) is 6.14. The number of carbonyl (C=O) groups excluding carboxylic acids is 1. The highest BCUT2D eigenvalue weighted by Gasteiger charge is 2.16. The molecule has 0 amide bonds. The first kappa shape index (κ1) is 14.7. The Hall–Kier alpha value is -2.74. The molecule has 0 heterocycles. The lowest BCUT2D eigenvalue weighted by atomic mass is 10.1. The predicted molar refractivity (Wildman–Crippen MR) is 75.1 cm³/mol. The summed E-state index contributed by atoms with van der Waals surface area (Å²) < 4.78 is 26.7. The van der Waals surface area contributed by atoms with Crippen LogP contribution in [0.3, 0.4) is 0 Å². The van der Waals surface area contributed by atoms with Gasteiger partial charge in [0.15, 0.2) is 5.78 Å². The molecule has 5 heteroatoms. The van der Waals surface area contributed by atoms with Gasteiger partial charge in [0, 0.05) is 7.05 Å². The third-order valence-electron chi connectivity index (χ3n) is 3.05. The fraction of sp³-hybridized carbons (Fsp3) is 0.125. The van der Waals surface area contributed by atoms with Gasteiger partial charge in [-0.2, -0.15) is 5.26 Å². The molecular formula is C16H12F2N2O. The van der Waals surface area contributed by atoms with Crippen LogP contribution in [0.4, 0.5) is 14.5 Å². The molecule has 2 aromatic carbocycles. The number of benzene rings is 2. The minimum absolute atomic E-state index is 0.154. The second-order valence-electron chi connectivity index (χ2n) is 4.53. The lowest BCUT2D eigenvalue weighted by molar-refractivity contribution is 0.0996. The highest BCUT2D eigenvalue weighted by Crippen LogP contribution is 2.19. The van der Waals surface area contributed by atoms with Crippen molar-refractivity contribution < 1.29 is 13.6 Å². The zero-order valence-corrected chi connectivity index (χ0v) is 11.3. The van der Waals surface area contributed by atoms with Crippen LogP contribution < -0.4 is 4.90 Å². The highest BCUT2D eigenvalue weighted by molar-refractivity contribution is 5.99. The topological polar surface area (TPSA) is 44.1 Å². The molecule has 2 aromatic rings. The zero-order chi connectivity index (χ0) is 15.4. The molecule has 0 atom stereocenters. The van der Waals surface area contributed by atoms with Crippen molar-refractivity contribution in [3.63, 3.8) is 0 Å². The summed E-state index contributed by atoms with van der Waals surface area (Å²) in [6, 6.07) is 11.5. The molecule has 0 aliphatic carbocycles. The fourth-order valence-corrected chi connectivity index (χ4v) is 2.00. The van der Waals surface area contributed by atoms with Crippen molar-refractivity contribution >= 4 is 11.5 Å². The Labute approximate surface area is 121 Å². The van der Waals surface area contributed by atoms with E-state index in [1.807, 2.05) is 6.07 Å². The van der Waals surface area contributed by atoms with E-state index in [2.05, 4.69) is 0 Å². The molecule has 0 saturated carbocycles. The number of hydrogen-bond acceptors (Lipinski definition) is 3. The van der Waals surface area contributed by atoms with Crippen LogP contribution in [0.1, 0.15) is 15.9 Å². The number of halogens is 2. The Morgan fingerprint density at radius 2 is 1.95 bits per heavy atom. The molecule has 0 aromatic heterocycles. The van der Waals surface area contributed by atoms with Gasteiger partial charge in [-0.05, 0) is 30.3 Å². The third-order valence-corrected chi connectivity index (χ3v) is 3.05. The smallest absolute Gasteiger partial charge is 0.185 e. The molecule has 0 bridgehead atoms. The third kappa shape index (κ3) is 3.23. The van der Waals surface area contributed by atoms with Crippen LogP contribution >= 0.6 is 0 Å². The van der Waals surface area contributed by atoms with Gasteiger partial charge in [-0.3, -0.25) is 4.79 Å². The van der Waals surface area contributed by atoms with E-state index in [4.69, 9.17) is 5.26 Å². The van der Waals surface area contributed by atoms with Crippen LogP contribution in [0, 0.1) is 23.0 Å². The van der Waals surface area contributed by atoms with Gasteiger partial charge in [-0.1, -0.05) is 12.1 Å². The van der Waals surface area contributed by atoms with Crippen LogP contribution in [0.5, 0.6) is 0 Å². The van der Waals surface area contributed by atoms with Gasteiger partial charge >= 0.3 is 0 Å². The van der Waals surface area contributed by atoms with E-state index in [-0.39, 0.29) is 12.1 Å². The molecule has 3 nitrogen and oxygen atoms in total. The van der Waals surface area contributed by atoms with Crippen LogP contribution in [-0.2, 0) is 0 Å². The van der Waals surface area contributed by atoms with E-state index < -0.39 is 17.4 Å². The number of likely N-dealkylation sites (N-methyl/N-ethyl adjacent to an activating group) is 1. The summed E-state index contributed by atoms with van der Waals surface area (Å²) in [5.74, 6) is -1.98. The van der Waals surface area contributed by atoms with Crippen molar-refractivity contribution in [2.75, 3.05) is 18.5 Å². The molecule has 106 valence electrons. The van der Waals surface area contributed by atoms with Crippen LogP contribution in [0.15, 0.2) is 42.5 Å². The molecule has 0 aliphatic rings. The van der Waals surface area contributed by atoms with Gasteiger partial charge in [-0.15, -0.1) is 0 Å². The summed E-state index contributed by atoms with van der Waals surface area (Å²) in [7, 11) is 1.62. The fourth-order valence-electron chi connectivity index (χ4n) is 2.00. The van der Waals surface area contributed by atoms with Gasteiger partial charge in [-0.25, -0.2) is 8.78 Å². The molecular weight excluding hydrogens is 274 g/mol. The van der Waals surface area contributed by atoms with E-state index >= 15 is 0 Å². The largest absolute Gasteiger partial charge is 0.366 e. The van der Waals surface area contributed by atoms with Gasteiger partial charge < -0.3 is 4.90 Å². The number of nitrogens with zero attached hydrogens (tertiary/aromatic N) is 2.